The Morgan fingerprint density at radius 2 is 2.00 bits per heavy atom. The number of ether oxygens (including phenoxy) is 1. The first kappa shape index (κ1) is 10.2. The summed E-state index contributed by atoms with van der Waals surface area (Å²) in [4.78, 5) is 10.4. The number of rotatable bonds is 3. The van der Waals surface area contributed by atoms with Crippen molar-refractivity contribution in [3.8, 4) is 0 Å². The Kier molecular flexibility index (Phi) is 3.26. The van der Waals surface area contributed by atoms with E-state index in [9.17, 15) is 4.79 Å². The number of carboxylic acid groups (broad SMARTS) is 1. The van der Waals surface area contributed by atoms with Gasteiger partial charge in [0.05, 0.1) is 5.60 Å². The minimum Gasteiger partial charge on any atom is -0.478 e. The summed E-state index contributed by atoms with van der Waals surface area (Å²) in [6.45, 7) is 5.15. The Morgan fingerprint density at radius 3 is 2.27 bits per heavy atom. The lowest BCUT2D eigenvalue weighted by Gasteiger charge is -2.18. The van der Waals surface area contributed by atoms with E-state index < -0.39 is 11.6 Å². The predicted molar refractivity (Wildman–Crippen MR) is 42.5 cm³/mol. The van der Waals surface area contributed by atoms with Crippen molar-refractivity contribution in [2.75, 3.05) is 7.11 Å². The highest BCUT2D eigenvalue weighted by Crippen LogP contribution is 2.11. The zero-order valence-corrected chi connectivity index (χ0v) is 7.34. The third kappa shape index (κ3) is 3.78. The second kappa shape index (κ2) is 3.53. The molecule has 11 heavy (non-hydrogen) atoms. The van der Waals surface area contributed by atoms with Crippen LogP contribution in [0.15, 0.2) is 11.6 Å². The fraction of sp³-hybridized carbons (Fsp3) is 0.625. The molecule has 0 aliphatic rings. The van der Waals surface area contributed by atoms with Crippen molar-refractivity contribution in [1.29, 1.82) is 0 Å². The molecule has 0 saturated carbocycles. The molecule has 0 rings (SSSR count). The van der Waals surface area contributed by atoms with Gasteiger partial charge in [0.25, 0.3) is 0 Å². The van der Waals surface area contributed by atoms with Crippen molar-refractivity contribution in [3.05, 3.63) is 11.6 Å². The first-order valence-corrected chi connectivity index (χ1v) is 3.37. The van der Waals surface area contributed by atoms with E-state index in [4.69, 9.17) is 9.84 Å². The molecule has 3 heteroatoms. The molecule has 0 saturated heterocycles. The van der Waals surface area contributed by atoms with Crippen LogP contribution in [0.5, 0.6) is 0 Å². The Bertz CT molecular complexity index is 180. The van der Waals surface area contributed by atoms with E-state index in [1.807, 2.05) is 0 Å². The first-order valence-electron chi connectivity index (χ1n) is 3.37. The topological polar surface area (TPSA) is 46.5 Å². The van der Waals surface area contributed by atoms with Gasteiger partial charge in [0.15, 0.2) is 0 Å². The van der Waals surface area contributed by atoms with Gasteiger partial charge in [-0.3, -0.25) is 0 Å². The van der Waals surface area contributed by atoms with Gasteiger partial charge in [-0.2, -0.15) is 0 Å². The van der Waals surface area contributed by atoms with E-state index in [2.05, 4.69) is 0 Å². The lowest BCUT2D eigenvalue weighted by Crippen LogP contribution is -2.20. The molecule has 0 aromatic rings. The van der Waals surface area contributed by atoms with Crippen LogP contribution in [0.4, 0.5) is 0 Å². The molecule has 0 spiro atoms. The van der Waals surface area contributed by atoms with Gasteiger partial charge in [0.2, 0.25) is 0 Å². The van der Waals surface area contributed by atoms with Gasteiger partial charge in [-0.05, 0) is 26.8 Å². The average Bonchev–Trinajstić information content (AvgIpc) is 1.87. The van der Waals surface area contributed by atoms with Crippen LogP contribution in [0.1, 0.15) is 20.8 Å². The van der Waals surface area contributed by atoms with E-state index in [-0.39, 0.29) is 0 Å². The van der Waals surface area contributed by atoms with Crippen molar-refractivity contribution in [3.63, 3.8) is 0 Å². The van der Waals surface area contributed by atoms with Crippen LogP contribution >= 0.6 is 0 Å². The normalized spacial score (nSPS) is 13.3. The van der Waals surface area contributed by atoms with Gasteiger partial charge >= 0.3 is 5.97 Å². The summed E-state index contributed by atoms with van der Waals surface area (Å²) in [5.74, 6) is -0.907. The molecule has 64 valence electrons. The van der Waals surface area contributed by atoms with Crippen LogP contribution in [0.25, 0.3) is 0 Å². The van der Waals surface area contributed by atoms with E-state index in [1.165, 1.54) is 0 Å². The molecule has 0 radical (unpaired) electrons. The summed E-state index contributed by atoms with van der Waals surface area (Å²) < 4.78 is 5.02. The minimum atomic E-state index is -0.907. The van der Waals surface area contributed by atoms with Gasteiger partial charge in [-0.15, -0.1) is 0 Å². The maximum Gasteiger partial charge on any atom is 0.331 e. The molecule has 0 fully saturated rings. The van der Waals surface area contributed by atoms with E-state index in [0.29, 0.717) is 5.57 Å². The van der Waals surface area contributed by atoms with Crippen molar-refractivity contribution in [2.45, 2.75) is 26.4 Å². The molecule has 0 aromatic carbocycles. The Balaban J connectivity index is 4.41. The van der Waals surface area contributed by atoms with Gasteiger partial charge in [0.1, 0.15) is 0 Å². The van der Waals surface area contributed by atoms with Crippen LogP contribution < -0.4 is 0 Å². The van der Waals surface area contributed by atoms with E-state index in [0.717, 1.165) is 0 Å². The third-order valence-electron chi connectivity index (χ3n) is 1.43. The fourth-order valence-electron chi connectivity index (χ4n) is 0.642. The third-order valence-corrected chi connectivity index (χ3v) is 1.43. The molecule has 0 atom stereocenters. The second-order valence-corrected chi connectivity index (χ2v) is 2.94. The van der Waals surface area contributed by atoms with Crippen LogP contribution in [-0.4, -0.2) is 23.8 Å². The number of hydrogen-bond acceptors (Lipinski definition) is 2. The summed E-state index contributed by atoms with van der Waals surface area (Å²) in [6.07, 6.45) is 1.58. The number of carbonyl (C=O) groups is 1. The maximum absolute atomic E-state index is 10.4. The summed E-state index contributed by atoms with van der Waals surface area (Å²) in [7, 11) is 1.55. The van der Waals surface area contributed by atoms with Crippen LogP contribution in [0.3, 0.4) is 0 Å². The zero-order chi connectivity index (χ0) is 9.07. The van der Waals surface area contributed by atoms with Crippen molar-refractivity contribution >= 4 is 5.97 Å². The van der Waals surface area contributed by atoms with E-state index in [1.54, 1.807) is 34.0 Å². The number of aliphatic carboxylic acids is 1. The largest absolute Gasteiger partial charge is 0.478 e. The zero-order valence-electron chi connectivity index (χ0n) is 7.34. The van der Waals surface area contributed by atoms with Crippen molar-refractivity contribution < 1.29 is 14.6 Å². The van der Waals surface area contributed by atoms with Gasteiger partial charge in [0, 0.05) is 12.7 Å². The Morgan fingerprint density at radius 1 is 1.55 bits per heavy atom. The monoisotopic (exact) mass is 158 g/mol. The second-order valence-electron chi connectivity index (χ2n) is 2.94. The molecule has 0 aliphatic heterocycles. The molecule has 0 bridgehead atoms. The highest BCUT2D eigenvalue weighted by Gasteiger charge is 2.14. The standard InChI is InChI=1S/C8H14O3/c1-6(7(9)10)5-8(2,3)11-4/h5H,1-4H3,(H,9,10)/b6-5-. The molecule has 1 N–H and O–H groups in total. The van der Waals surface area contributed by atoms with E-state index >= 15 is 0 Å². The summed E-state index contributed by atoms with van der Waals surface area (Å²) in [6, 6.07) is 0. The Hall–Kier alpha value is -0.830. The highest BCUT2D eigenvalue weighted by atomic mass is 16.5. The maximum atomic E-state index is 10.4. The molecule has 0 amide bonds. The van der Waals surface area contributed by atoms with Crippen LogP contribution in [0, 0.1) is 0 Å². The molecule has 0 aromatic heterocycles. The SMILES string of the molecule is COC(C)(C)/C=C(/C)C(=O)O. The summed E-state index contributed by atoms with van der Waals surface area (Å²) >= 11 is 0. The highest BCUT2D eigenvalue weighted by molar-refractivity contribution is 5.85. The molecule has 0 heterocycles. The quantitative estimate of drug-likeness (QED) is 0.632. The smallest absolute Gasteiger partial charge is 0.331 e. The molecule has 0 aliphatic carbocycles. The van der Waals surface area contributed by atoms with Gasteiger partial charge in [-0.1, -0.05) is 0 Å². The Labute approximate surface area is 66.7 Å². The number of carboxylic acids is 1. The molecular formula is C8H14O3. The van der Waals surface area contributed by atoms with Crippen molar-refractivity contribution in [1.82, 2.24) is 0 Å². The van der Waals surface area contributed by atoms with Crippen LogP contribution in [-0.2, 0) is 9.53 Å². The fourth-order valence-corrected chi connectivity index (χ4v) is 0.642. The summed E-state index contributed by atoms with van der Waals surface area (Å²) in [5, 5.41) is 8.52. The number of hydrogen-bond donors (Lipinski definition) is 1. The van der Waals surface area contributed by atoms with Gasteiger partial charge < -0.3 is 9.84 Å². The molecule has 3 nitrogen and oxygen atoms in total. The van der Waals surface area contributed by atoms with Crippen LogP contribution in [0.2, 0.25) is 0 Å². The summed E-state index contributed by atoms with van der Waals surface area (Å²) in [5.41, 5.74) is -0.195. The lowest BCUT2D eigenvalue weighted by atomic mass is 10.1. The predicted octanol–water partition coefficient (Wildman–Crippen LogP) is 1.44. The minimum absolute atomic E-state index is 0.303. The van der Waals surface area contributed by atoms with Gasteiger partial charge in [-0.25, -0.2) is 4.79 Å². The van der Waals surface area contributed by atoms with Crippen molar-refractivity contribution in [2.24, 2.45) is 0 Å². The molecular weight excluding hydrogens is 144 g/mol. The number of methoxy groups -OCH3 is 1. The lowest BCUT2D eigenvalue weighted by molar-refractivity contribution is -0.132. The average molecular weight is 158 g/mol. The molecule has 0 unspecified atom stereocenters. The first-order chi connectivity index (χ1) is 4.89.